The third kappa shape index (κ3) is 2.22. The Balaban J connectivity index is 2.12. The smallest absolute Gasteiger partial charge is 0.143 e. The fourth-order valence-electron chi connectivity index (χ4n) is 1.90. The summed E-state index contributed by atoms with van der Waals surface area (Å²) in [6.07, 6.45) is 7.99. The number of rotatable bonds is 1. The van der Waals surface area contributed by atoms with Gasteiger partial charge in [0.15, 0.2) is 0 Å². The van der Waals surface area contributed by atoms with Gasteiger partial charge < -0.3 is 4.90 Å². The number of hydrogen-bond acceptors (Lipinski definition) is 2. The largest absolute Gasteiger partial charge is 0.370 e. The summed E-state index contributed by atoms with van der Waals surface area (Å²) in [6, 6.07) is 1.57. The molecule has 0 N–H and O–H groups in total. The molecule has 2 nitrogen and oxygen atoms in total. The second-order valence-electron chi connectivity index (χ2n) is 3.76. The first-order valence-corrected chi connectivity index (χ1v) is 5.22. The van der Waals surface area contributed by atoms with Crippen molar-refractivity contribution < 1.29 is 4.39 Å². The lowest BCUT2D eigenvalue weighted by Gasteiger charge is -2.21. The minimum Gasteiger partial charge on any atom is -0.370 e. The van der Waals surface area contributed by atoms with Gasteiger partial charge >= 0.3 is 0 Å². The van der Waals surface area contributed by atoms with Gasteiger partial charge in [-0.25, -0.2) is 4.39 Å². The van der Waals surface area contributed by atoms with Crippen LogP contribution in [0.5, 0.6) is 0 Å². The molecular formula is C11H15FN2. The molecule has 2 heterocycles. The van der Waals surface area contributed by atoms with Gasteiger partial charge in [0.2, 0.25) is 0 Å². The van der Waals surface area contributed by atoms with Gasteiger partial charge in [-0.1, -0.05) is 12.8 Å². The fourth-order valence-corrected chi connectivity index (χ4v) is 1.90. The first-order valence-electron chi connectivity index (χ1n) is 5.22. The molecule has 0 radical (unpaired) electrons. The number of hydrogen-bond donors (Lipinski definition) is 0. The summed E-state index contributed by atoms with van der Waals surface area (Å²) in [5.74, 6) is -0.244. The number of anilines is 1. The highest BCUT2D eigenvalue weighted by Gasteiger charge is 2.10. The van der Waals surface area contributed by atoms with E-state index in [0.29, 0.717) is 0 Å². The van der Waals surface area contributed by atoms with E-state index in [0.717, 1.165) is 18.8 Å². The van der Waals surface area contributed by atoms with E-state index in [9.17, 15) is 4.39 Å². The number of pyridine rings is 1. The highest BCUT2D eigenvalue weighted by molar-refractivity contribution is 5.43. The minimum absolute atomic E-state index is 0.244. The molecule has 1 aliphatic rings. The SMILES string of the molecule is Fc1cncc(N2CCCCCC2)c1. The van der Waals surface area contributed by atoms with Crippen LogP contribution >= 0.6 is 0 Å². The van der Waals surface area contributed by atoms with Crippen molar-refractivity contribution >= 4 is 5.69 Å². The van der Waals surface area contributed by atoms with Crippen LogP contribution in [-0.2, 0) is 0 Å². The van der Waals surface area contributed by atoms with E-state index in [4.69, 9.17) is 0 Å². The van der Waals surface area contributed by atoms with Crippen LogP contribution < -0.4 is 4.90 Å². The van der Waals surface area contributed by atoms with Crippen LogP contribution in [0.2, 0.25) is 0 Å². The maximum Gasteiger partial charge on any atom is 0.143 e. The Morgan fingerprint density at radius 3 is 2.43 bits per heavy atom. The molecule has 2 rings (SSSR count). The van der Waals surface area contributed by atoms with Crippen LogP contribution in [0.25, 0.3) is 0 Å². The van der Waals surface area contributed by atoms with E-state index >= 15 is 0 Å². The van der Waals surface area contributed by atoms with Gasteiger partial charge in [-0.05, 0) is 12.8 Å². The molecule has 0 aliphatic carbocycles. The monoisotopic (exact) mass is 194 g/mol. The summed E-state index contributed by atoms with van der Waals surface area (Å²) in [4.78, 5) is 6.10. The maximum absolute atomic E-state index is 12.9. The number of nitrogens with zero attached hydrogens (tertiary/aromatic N) is 2. The van der Waals surface area contributed by atoms with Crippen molar-refractivity contribution in [2.24, 2.45) is 0 Å². The highest BCUT2D eigenvalue weighted by atomic mass is 19.1. The van der Waals surface area contributed by atoms with Crippen molar-refractivity contribution in [3.63, 3.8) is 0 Å². The zero-order chi connectivity index (χ0) is 9.80. The van der Waals surface area contributed by atoms with Gasteiger partial charge in [-0.3, -0.25) is 4.98 Å². The molecule has 14 heavy (non-hydrogen) atoms. The Morgan fingerprint density at radius 2 is 1.79 bits per heavy atom. The molecular weight excluding hydrogens is 179 g/mol. The summed E-state index contributed by atoms with van der Waals surface area (Å²) >= 11 is 0. The molecule has 1 fully saturated rings. The molecule has 3 heteroatoms. The summed E-state index contributed by atoms with van der Waals surface area (Å²) in [6.45, 7) is 2.07. The Morgan fingerprint density at radius 1 is 1.07 bits per heavy atom. The Bertz CT molecular complexity index is 293. The summed E-state index contributed by atoms with van der Waals surface area (Å²) in [5.41, 5.74) is 0.923. The van der Waals surface area contributed by atoms with Crippen LogP contribution in [0.3, 0.4) is 0 Å². The van der Waals surface area contributed by atoms with Crippen molar-refractivity contribution in [1.82, 2.24) is 4.98 Å². The Hall–Kier alpha value is -1.12. The Labute approximate surface area is 83.8 Å². The van der Waals surface area contributed by atoms with Crippen molar-refractivity contribution in [1.29, 1.82) is 0 Å². The molecule has 1 saturated heterocycles. The van der Waals surface area contributed by atoms with Crippen LogP contribution in [-0.4, -0.2) is 18.1 Å². The molecule has 0 bridgehead atoms. The van der Waals surface area contributed by atoms with Gasteiger partial charge in [0.25, 0.3) is 0 Å². The molecule has 1 aromatic rings. The lowest BCUT2D eigenvalue weighted by molar-refractivity contribution is 0.619. The quantitative estimate of drug-likeness (QED) is 0.683. The average Bonchev–Trinajstić information content (AvgIpc) is 2.45. The van der Waals surface area contributed by atoms with E-state index in [2.05, 4.69) is 9.88 Å². The van der Waals surface area contributed by atoms with Crippen molar-refractivity contribution in [3.8, 4) is 0 Å². The highest BCUT2D eigenvalue weighted by Crippen LogP contribution is 2.18. The molecule has 0 saturated carbocycles. The van der Waals surface area contributed by atoms with Crippen LogP contribution in [0.1, 0.15) is 25.7 Å². The van der Waals surface area contributed by atoms with E-state index < -0.39 is 0 Å². The third-order valence-electron chi connectivity index (χ3n) is 2.66. The summed E-state index contributed by atoms with van der Waals surface area (Å²) in [7, 11) is 0. The molecule has 0 unspecified atom stereocenters. The number of halogens is 1. The first-order chi connectivity index (χ1) is 6.86. The maximum atomic E-state index is 12.9. The molecule has 0 amide bonds. The summed E-state index contributed by atoms with van der Waals surface area (Å²) in [5, 5.41) is 0. The molecule has 0 atom stereocenters. The molecule has 0 spiro atoms. The zero-order valence-corrected chi connectivity index (χ0v) is 8.25. The molecule has 1 aliphatic heterocycles. The van der Waals surface area contributed by atoms with Gasteiger partial charge in [0, 0.05) is 19.2 Å². The normalized spacial score (nSPS) is 17.9. The predicted octanol–water partition coefficient (Wildman–Crippen LogP) is 2.60. The van der Waals surface area contributed by atoms with Crippen molar-refractivity contribution in [2.45, 2.75) is 25.7 Å². The minimum atomic E-state index is -0.244. The predicted molar refractivity (Wildman–Crippen MR) is 54.9 cm³/mol. The molecule has 76 valence electrons. The second-order valence-corrected chi connectivity index (χ2v) is 3.76. The number of aromatic nitrogens is 1. The molecule has 0 aromatic carbocycles. The van der Waals surface area contributed by atoms with E-state index in [-0.39, 0.29) is 5.82 Å². The van der Waals surface area contributed by atoms with Crippen LogP contribution in [0.4, 0.5) is 10.1 Å². The first kappa shape index (κ1) is 9.44. The van der Waals surface area contributed by atoms with E-state index in [1.807, 2.05) is 0 Å². The van der Waals surface area contributed by atoms with Gasteiger partial charge in [0.1, 0.15) is 5.82 Å². The van der Waals surface area contributed by atoms with Gasteiger partial charge in [-0.2, -0.15) is 0 Å². The van der Waals surface area contributed by atoms with Crippen molar-refractivity contribution in [2.75, 3.05) is 18.0 Å². The van der Waals surface area contributed by atoms with Crippen LogP contribution in [0, 0.1) is 5.82 Å². The molecule has 1 aromatic heterocycles. The fraction of sp³-hybridized carbons (Fsp3) is 0.545. The zero-order valence-electron chi connectivity index (χ0n) is 8.25. The average molecular weight is 194 g/mol. The van der Waals surface area contributed by atoms with Gasteiger partial charge in [0.05, 0.1) is 18.1 Å². The summed E-state index contributed by atoms with van der Waals surface area (Å²) < 4.78 is 12.9. The topological polar surface area (TPSA) is 16.1 Å². The van der Waals surface area contributed by atoms with E-state index in [1.54, 1.807) is 12.3 Å². The third-order valence-corrected chi connectivity index (χ3v) is 2.66. The second kappa shape index (κ2) is 4.40. The lowest BCUT2D eigenvalue weighted by Crippen LogP contribution is -2.23. The lowest BCUT2D eigenvalue weighted by atomic mass is 10.2. The standard InChI is InChI=1S/C11H15FN2/c12-10-7-11(9-13-8-10)14-5-3-1-2-4-6-14/h7-9H,1-6H2. The Kier molecular flexibility index (Phi) is 2.96. The van der Waals surface area contributed by atoms with Crippen LogP contribution in [0.15, 0.2) is 18.5 Å². The van der Waals surface area contributed by atoms with Gasteiger partial charge in [-0.15, -0.1) is 0 Å². The van der Waals surface area contributed by atoms with E-state index in [1.165, 1.54) is 31.9 Å². The van der Waals surface area contributed by atoms with Crippen molar-refractivity contribution in [3.05, 3.63) is 24.3 Å².